The van der Waals surface area contributed by atoms with E-state index in [9.17, 15) is 10.1 Å². The average Bonchev–Trinajstić information content (AvgIpc) is 2.47. The zero-order chi connectivity index (χ0) is 16.1. The minimum atomic E-state index is -0.455. The highest BCUT2D eigenvalue weighted by Gasteiger charge is 2.12. The fourth-order valence-corrected chi connectivity index (χ4v) is 2.25. The molecule has 112 valence electrons. The van der Waals surface area contributed by atoms with Crippen LogP contribution >= 0.6 is 28.1 Å². The van der Waals surface area contributed by atoms with E-state index in [1.54, 1.807) is 12.1 Å². The van der Waals surface area contributed by atoms with Gasteiger partial charge in [-0.15, -0.1) is 0 Å². The maximum atomic E-state index is 10.9. The molecular formula is C14H11BrN4O2S. The topological polar surface area (TPSA) is 93.5 Å². The second-order valence-corrected chi connectivity index (χ2v) is 5.61. The Bertz CT molecular complexity index is 764. The fourth-order valence-electron chi connectivity index (χ4n) is 1.81. The predicted octanol–water partition coefficient (Wildman–Crippen LogP) is 2.94. The molecule has 2 aromatic rings. The standard InChI is InChI=1S/C14H11BrN4O2S/c15-11-5-1-3-9(7-11)13(17-18-14(16)22)10-4-2-6-12(8-10)19(20)21/h1-8H,(H3,16,18,22)/b17-13+. The molecule has 0 aliphatic heterocycles. The number of halogens is 1. The highest BCUT2D eigenvalue weighted by Crippen LogP contribution is 2.19. The van der Waals surface area contributed by atoms with E-state index in [-0.39, 0.29) is 10.8 Å². The van der Waals surface area contributed by atoms with Crippen LogP contribution in [0.2, 0.25) is 0 Å². The summed E-state index contributed by atoms with van der Waals surface area (Å²) in [4.78, 5) is 10.5. The van der Waals surface area contributed by atoms with Crippen LogP contribution in [0, 0.1) is 10.1 Å². The van der Waals surface area contributed by atoms with E-state index < -0.39 is 4.92 Å². The van der Waals surface area contributed by atoms with E-state index in [1.807, 2.05) is 24.3 Å². The Hall–Kier alpha value is -2.32. The molecule has 0 aliphatic rings. The average molecular weight is 379 g/mol. The number of nitro groups is 1. The first kappa shape index (κ1) is 16.1. The van der Waals surface area contributed by atoms with E-state index >= 15 is 0 Å². The molecule has 0 aromatic heterocycles. The lowest BCUT2D eigenvalue weighted by Crippen LogP contribution is -2.26. The Balaban J connectivity index is 2.54. The van der Waals surface area contributed by atoms with Crippen LogP contribution in [0.15, 0.2) is 58.1 Å². The summed E-state index contributed by atoms with van der Waals surface area (Å²) in [6.45, 7) is 0. The zero-order valence-electron chi connectivity index (χ0n) is 11.2. The van der Waals surface area contributed by atoms with Gasteiger partial charge < -0.3 is 5.73 Å². The Labute approximate surface area is 140 Å². The van der Waals surface area contributed by atoms with Gasteiger partial charge in [-0.1, -0.05) is 40.2 Å². The van der Waals surface area contributed by atoms with Gasteiger partial charge in [-0.25, -0.2) is 0 Å². The summed E-state index contributed by atoms with van der Waals surface area (Å²) in [5.74, 6) is 0. The Kier molecular flexibility index (Phi) is 5.18. The molecule has 0 heterocycles. The molecule has 0 atom stereocenters. The van der Waals surface area contributed by atoms with Crippen molar-refractivity contribution in [3.05, 3.63) is 74.2 Å². The van der Waals surface area contributed by atoms with E-state index in [1.165, 1.54) is 12.1 Å². The summed E-state index contributed by atoms with van der Waals surface area (Å²) in [7, 11) is 0. The highest BCUT2D eigenvalue weighted by atomic mass is 79.9. The minimum absolute atomic E-state index is 0.0120. The highest BCUT2D eigenvalue weighted by molar-refractivity contribution is 9.10. The number of hydrogen-bond donors (Lipinski definition) is 2. The maximum absolute atomic E-state index is 10.9. The van der Waals surface area contributed by atoms with Crippen molar-refractivity contribution in [3.63, 3.8) is 0 Å². The number of hydrazone groups is 1. The van der Waals surface area contributed by atoms with Gasteiger partial charge in [0.25, 0.3) is 5.69 Å². The van der Waals surface area contributed by atoms with Gasteiger partial charge in [0.15, 0.2) is 5.11 Å². The van der Waals surface area contributed by atoms with Crippen LogP contribution < -0.4 is 11.2 Å². The summed E-state index contributed by atoms with van der Waals surface area (Å²) in [5, 5.41) is 15.1. The zero-order valence-corrected chi connectivity index (χ0v) is 13.6. The number of benzene rings is 2. The summed E-state index contributed by atoms with van der Waals surface area (Å²) in [6, 6.07) is 13.6. The van der Waals surface area contributed by atoms with E-state index in [0.29, 0.717) is 11.3 Å². The summed E-state index contributed by atoms with van der Waals surface area (Å²) in [5.41, 5.74) is 9.75. The summed E-state index contributed by atoms with van der Waals surface area (Å²) >= 11 is 8.14. The molecule has 0 saturated carbocycles. The van der Waals surface area contributed by atoms with Crippen molar-refractivity contribution in [3.8, 4) is 0 Å². The van der Waals surface area contributed by atoms with Gasteiger partial charge in [0, 0.05) is 27.7 Å². The van der Waals surface area contributed by atoms with Gasteiger partial charge in [-0.05, 0) is 24.4 Å². The normalized spacial score (nSPS) is 11.0. The SMILES string of the molecule is NC(=S)N/N=C(\c1cccc(Br)c1)c1cccc([N+](=O)[O-])c1. The van der Waals surface area contributed by atoms with Crippen LogP contribution in [-0.4, -0.2) is 15.7 Å². The van der Waals surface area contributed by atoms with Crippen LogP contribution in [0.1, 0.15) is 11.1 Å². The molecular weight excluding hydrogens is 368 g/mol. The Morgan fingerprint density at radius 2 is 1.86 bits per heavy atom. The van der Waals surface area contributed by atoms with E-state index in [4.69, 9.17) is 18.0 Å². The van der Waals surface area contributed by atoms with Gasteiger partial charge >= 0.3 is 0 Å². The number of nitrogens with two attached hydrogens (primary N) is 1. The van der Waals surface area contributed by atoms with Gasteiger partial charge in [-0.3, -0.25) is 15.5 Å². The molecule has 0 spiro atoms. The third-order valence-electron chi connectivity index (χ3n) is 2.71. The van der Waals surface area contributed by atoms with Crippen molar-refractivity contribution in [2.75, 3.05) is 0 Å². The first-order valence-electron chi connectivity index (χ1n) is 6.11. The van der Waals surface area contributed by atoms with Crippen molar-refractivity contribution in [2.45, 2.75) is 0 Å². The van der Waals surface area contributed by atoms with Gasteiger partial charge in [0.1, 0.15) is 0 Å². The third kappa shape index (κ3) is 4.09. The lowest BCUT2D eigenvalue weighted by molar-refractivity contribution is -0.384. The first-order chi connectivity index (χ1) is 10.5. The quantitative estimate of drug-likeness (QED) is 0.369. The van der Waals surface area contributed by atoms with Crippen molar-refractivity contribution in [1.82, 2.24) is 5.43 Å². The first-order valence-corrected chi connectivity index (χ1v) is 7.31. The van der Waals surface area contributed by atoms with Gasteiger partial charge in [0.05, 0.1) is 10.6 Å². The number of nitrogens with zero attached hydrogens (tertiary/aromatic N) is 2. The van der Waals surface area contributed by atoms with Crippen LogP contribution in [0.25, 0.3) is 0 Å². The molecule has 22 heavy (non-hydrogen) atoms. The largest absolute Gasteiger partial charge is 0.375 e. The fraction of sp³-hybridized carbons (Fsp3) is 0. The summed E-state index contributed by atoms with van der Waals surface area (Å²) < 4.78 is 0.860. The Morgan fingerprint density at radius 3 is 2.45 bits per heavy atom. The molecule has 0 aliphatic carbocycles. The van der Waals surface area contributed by atoms with Crippen LogP contribution in [0.3, 0.4) is 0 Å². The molecule has 0 saturated heterocycles. The lowest BCUT2D eigenvalue weighted by atomic mass is 10.0. The number of rotatable bonds is 4. The maximum Gasteiger partial charge on any atom is 0.270 e. The second-order valence-electron chi connectivity index (χ2n) is 4.25. The van der Waals surface area contributed by atoms with E-state index in [0.717, 1.165) is 10.0 Å². The number of nitro benzene ring substituents is 1. The number of nitrogens with one attached hydrogen (secondary N) is 1. The molecule has 0 unspecified atom stereocenters. The lowest BCUT2D eigenvalue weighted by Gasteiger charge is -2.08. The molecule has 0 bridgehead atoms. The van der Waals surface area contributed by atoms with Gasteiger partial charge in [-0.2, -0.15) is 5.10 Å². The van der Waals surface area contributed by atoms with Crippen LogP contribution in [-0.2, 0) is 0 Å². The van der Waals surface area contributed by atoms with Crippen LogP contribution in [0.4, 0.5) is 5.69 Å². The predicted molar refractivity (Wildman–Crippen MR) is 92.8 cm³/mol. The minimum Gasteiger partial charge on any atom is -0.375 e. The van der Waals surface area contributed by atoms with Crippen LogP contribution in [0.5, 0.6) is 0 Å². The molecule has 2 aromatic carbocycles. The third-order valence-corrected chi connectivity index (χ3v) is 3.29. The molecule has 0 fully saturated rings. The van der Waals surface area contributed by atoms with Crippen molar-refractivity contribution >= 4 is 44.7 Å². The van der Waals surface area contributed by atoms with Crippen molar-refractivity contribution in [2.24, 2.45) is 10.8 Å². The molecule has 0 radical (unpaired) electrons. The number of non-ortho nitro benzene ring substituents is 1. The smallest absolute Gasteiger partial charge is 0.270 e. The molecule has 3 N–H and O–H groups in total. The van der Waals surface area contributed by atoms with Gasteiger partial charge in [0.2, 0.25) is 0 Å². The number of thiocarbonyl (C=S) groups is 1. The Morgan fingerprint density at radius 1 is 1.23 bits per heavy atom. The molecule has 2 rings (SSSR count). The summed E-state index contributed by atoms with van der Waals surface area (Å²) in [6.07, 6.45) is 0. The molecule has 8 heteroatoms. The molecule has 0 amide bonds. The number of hydrogen-bond acceptors (Lipinski definition) is 4. The van der Waals surface area contributed by atoms with Crippen molar-refractivity contribution < 1.29 is 4.92 Å². The molecule has 6 nitrogen and oxygen atoms in total. The van der Waals surface area contributed by atoms with E-state index in [2.05, 4.69) is 26.5 Å². The second kappa shape index (κ2) is 7.10. The monoisotopic (exact) mass is 378 g/mol. The van der Waals surface area contributed by atoms with Crippen molar-refractivity contribution in [1.29, 1.82) is 0 Å².